The van der Waals surface area contributed by atoms with Gasteiger partial charge in [0.1, 0.15) is 0 Å². The molecule has 0 aliphatic rings. The molecular weight excluding hydrogens is 230 g/mol. The molecule has 0 aliphatic carbocycles. The van der Waals surface area contributed by atoms with Gasteiger partial charge in [-0.15, -0.1) is 0 Å². The summed E-state index contributed by atoms with van der Waals surface area (Å²) in [5.74, 6) is 0. The number of hydrogen-bond donors (Lipinski definition) is 0. The number of benzene rings is 1. The molecule has 0 heterocycles. The monoisotopic (exact) mass is 233 g/mol. The lowest BCUT2D eigenvalue weighted by Gasteiger charge is -1.98. The molecule has 0 unspecified atom stereocenters. The summed E-state index contributed by atoms with van der Waals surface area (Å²) in [5, 5.41) is 19.0. The van der Waals surface area contributed by atoms with Crippen LogP contribution in [0.4, 0.5) is 5.69 Å². The van der Waals surface area contributed by atoms with Crippen LogP contribution in [0.3, 0.4) is 0 Å². The van der Waals surface area contributed by atoms with Gasteiger partial charge in [0.15, 0.2) is 0 Å². The van der Waals surface area contributed by atoms with Crippen LogP contribution in [0, 0.1) is 28.0 Å². The first-order valence-corrected chi connectivity index (χ1v) is 4.40. The van der Waals surface area contributed by atoms with E-state index in [1.54, 1.807) is 6.07 Å². The van der Waals surface area contributed by atoms with E-state index in [-0.39, 0.29) is 16.4 Å². The maximum atomic E-state index is 10.4. The molecule has 0 saturated heterocycles. The zero-order chi connectivity index (χ0) is 12.1. The molecule has 1 rings (SSSR count). The Bertz CT molecular complexity index is 519. The fourth-order valence-corrected chi connectivity index (χ4v) is 1.20. The van der Waals surface area contributed by atoms with Gasteiger partial charge in [-0.3, -0.25) is 10.1 Å². The van der Waals surface area contributed by atoms with E-state index < -0.39 is 4.92 Å². The minimum Gasteiger partial charge on any atom is -0.258 e. The van der Waals surface area contributed by atoms with Crippen LogP contribution in [0.25, 0.3) is 9.88 Å². The zero-order valence-corrected chi connectivity index (χ0v) is 8.60. The molecule has 78 valence electrons. The van der Waals surface area contributed by atoms with Crippen molar-refractivity contribution in [3.05, 3.63) is 57.1 Å². The van der Waals surface area contributed by atoms with Gasteiger partial charge in [-0.05, 0) is 17.7 Å². The molecule has 0 N–H and O–H groups in total. The fourth-order valence-electron chi connectivity index (χ4n) is 0.989. The van der Waals surface area contributed by atoms with Crippen molar-refractivity contribution < 1.29 is 4.92 Å². The topological polar surface area (TPSA) is 71.3 Å². The molecule has 6 heteroatoms. The number of nitro benzene ring substituents is 1. The van der Waals surface area contributed by atoms with Gasteiger partial charge in [-0.2, -0.15) is 0 Å². The van der Waals surface area contributed by atoms with Crippen LogP contribution >= 0.6 is 11.6 Å². The van der Waals surface area contributed by atoms with Gasteiger partial charge in [-0.1, -0.05) is 11.6 Å². The summed E-state index contributed by atoms with van der Waals surface area (Å²) >= 11 is 5.78. The molecule has 16 heavy (non-hydrogen) atoms. The summed E-state index contributed by atoms with van der Waals surface area (Å²) in [6, 6.07) is 6.95. The van der Waals surface area contributed by atoms with E-state index in [0.717, 1.165) is 0 Å². The van der Waals surface area contributed by atoms with E-state index >= 15 is 0 Å². The maximum absolute atomic E-state index is 10.4. The van der Waals surface area contributed by atoms with E-state index in [4.69, 9.17) is 23.4 Å². The highest BCUT2D eigenvalue weighted by atomic mass is 35.5. The third kappa shape index (κ3) is 2.35. The third-order valence-electron chi connectivity index (χ3n) is 1.76. The van der Waals surface area contributed by atoms with Crippen LogP contribution in [0.2, 0.25) is 0 Å². The van der Waals surface area contributed by atoms with Gasteiger partial charge < -0.3 is 0 Å². The van der Waals surface area contributed by atoms with Gasteiger partial charge in [0.05, 0.1) is 22.6 Å². The average molecular weight is 234 g/mol. The average Bonchev–Trinajstić information content (AvgIpc) is 2.30. The van der Waals surface area contributed by atoms with Crippen molar-refractivity contribution >= 4 is 22.3 Å². The normalized spacial score (nSPS) is 10.9. The zero-order valence-electron chi connectivity index (χ0n) is 7.85. The van der Waals surface area contributed by atoms with E-state index in [2.05, 4.69) is 4.85 Å². The second-order valence-electron chi connectivity index (χ2n) is 2.69. The molecule has 1 aromatic rings. The van der Waals surface area contributed by atoms with E-state index in [1.807, 2.05) is 0 Å². The molecule has 0 aliphatic heterocycles. The number of nitro groups is 1. The van der Waals surface area contributed by atoms with Crippen molar-refractivity contribution in [2.45, 2.75) is 0 Å². The molecule has 0 radical (unpaired) electrons. The lowest BCUT2D eigenvalue weighted by molar-refractivity contribution is -0.384. The minimum atomic E-state index is -0.540. The summed E-state index contributed by atoms with van der Waals surface area (Å²) < 4.78 is 0. The Morgan fingerprint density at radius 3 is 2.44 bits per heavy atom. The fraction of sp³-hybridized carbons (Fsp3) is 0. The van der Waals surface area contributed by atoms with E-state index in [0.29, 0.717) is 5.56 Å². The Labute approximate surface area is 96.2 Å². The number of hydrogen-bond acceptors (Lipinski definition) is 3. The lowest BCUT2D eigenvalue weighted by Crippen LogP contribution is -1.88. The summed E-state index contributed by atoms with van der Waals surface area (Å²) in [6.45, 7) is 6.70. The van der Waals surface area contributed by atoms with Gasteiger partial charge in [0.25, 0.3) is 11.4 Å². The highest BCUT2D eigenvalue weighted by molar-refractivity contribution is 6.49. The molecule has 0 aromatic heterocycles. The lowest BCUT2D eigenvalue weighted by atomic mass is 10.2. The van der Waals surface area contributed by atoms with Crippen LogP contribution in [0.5, 0.6) is 0 Å². The minimum absolute atomic E-state index is 0.00704. The van der Waals surface area contributed by atoms with Crippen LogP contribution in [-0.4, -0.2) is 4.92 Å². The molecule has 0 bridgehead atoms. The number of non-ortho nitro benzene ring substituents is 1. The van der Waals surface area contributed by atoms with Crippen LogP contribution < -0.4 is 0 Å². The Morgan fingerprint density at radius 1 is 1.50 bits per heavy atom. The van der Waals surface area contributed by atoms with Gasteiger partial charge in [0, 0.05) is 12.1 Å². The van der Waals surface area contributed by atoms with E-state index in [1.165, 1.54) is 24.3 Å². The van der Waals surface area contributed by atoms with Crippen molar-refractivity contribution in [1.29, 1.82) is 5.26 Å². The SMILES string of the molecule is [C-]#[N+]C(C#N)=C(Cl)c1ccc([N+](=O)[O-])cc1. The van der Waals surface area contributed by atoms with Crippen LogP contribution in [-0.2, 0) is 0 Å². The maximum Gasteiger partial charge on any atom is 0.280 e. The Morgan fingerprint density at radius 2 is 2.06 bits per heavy atom. The second kappa shape index (κ2) is 4.92. The number of allylic oxidation sites excluding steroid dienone is 1. The summed E-state index contributed by atoms with van der Waals surface area (Å²) in [6.07, 6.45) is 0. The molecular formula is C10H4ClN3O2. The Balaban J connectivity index is 3.19. The molecule has 0 amide bonds. The Hall–Kier alpha value is -2.37. The quantitative estimate of drug-likeness (QED) is 0.341. The van der Waals surface area contributed by atoms with Crippen molar-refractivity contribution in [3.8, 4) is 6.07 Å². The molecule has 0 saturated carbocycles. The van der Waals surface area contributed by atoms with Gasteiger partial charge in [-0.25, -0.2) is 10.1 Å². The predicted molar refractivity (Wildman–Crippen MR) is 58.1 cm³/mol. The standard InChI is InChI=1S/C10H4ClN3O2/c1-13-9(6-12)10(11)7-2-4-8(5-3-7)14(15)16/h2-5H. The van der Waals surface area contributed by atoms with Crippen LogP contribution in [0.1, 0.15) is 5.56 Å². The van der Waals surface area contributed by atoms with Gasteiger partial charge >= 0.3 is 0 Å². The number of rotatable bonds is 2. The molecule has 0 fully saturated rings. The number of nitriles is 1. The number of nitrogens with zero attached hydrogens (tertiary/aromatic N) is 3. The van der Waals surface area contributed by atoms with Crippen molar-refractivity contribution in [2.24, 2.45) is 0 Å². The van der Waals surface area contributed by atoms with Gasteiger partial charge in [0.2, 0.25) is 0 Å². The van der Waals surface area contributed by atoms with Crippen LogP contribution in [0.15, 0.2) is 30.0 Å². The molecule has 5 nitrogen and oxygen atoms in total. The second-order valence-corrected chi connectivity index (χ2v) is 3.07. The molecule has 1 aromatic carbocycles. The highest BCUT2D eigenvalue weighted by Crippen LogP contribution is 2.25. The highest BCUT2D eigenvalue weighted by Gasteiger charge is 2.09. The molecule has 0 spiro atoms. The first-order valence-electron chi connectivity index (χ1n) is 4.02. The molecule has 0 atom stereocenters. The predicted octanol–water partition coefficient (Wildman–Crippen LogP) is 2.95. The Kier molecular flexibility index (Phi) is 3.60. The van der Waals surface area contributed by atoms with Crippen molar-refractivity contribution in [2.75, 3.05) is 0 Å². The summed E-state index contributed by atoms with van der Waals surface area (Å²) in [5.41, 5.74) is 0.0878. The first kappa shape index (κ1) is 11.7. The smallest absolute Gasteiger partial charge is 0.258 e. The summed E-state index contributed by atoms with van der Waals surface area (Å²) in [4.78, 5) is 12.8. The first-order chi connectivity index (χ1) is 7.60. The third-order valence-corrected chi connectivity index (χ3v) is 2.15. The number of halogens is 1. The van der Waals surface area contributed by atoms with Crippen molar-refractivity contribution in [1.82, 2.24) is 0 Å². The largest absolute Gasteiger partial charge is 0.280 e. The summed E-state index contributed by atoms with van der Waals surface area (Å²) in [7, 11) is 0. The van der Waals surface area contributed by atoms with E-state index in [9.17, 15) is 10.1 Å². The van der Waals surface area contributed by atoms with Crippen molar-refractivity contribution in [3.63, 3.8) is 0 Å².